The SMILES string of the molecule is C=C(C)C(=O)O.C=C(C)C(=O)OC.C=CC(=O)OCCCC.C=Cc1ccccc1C. The number of methoxy groups -OCH3 is 1. The number of aliphatic carboxylic acids is 1. The maximum absolute atomic E-state index is 10.3. The van der Waals surface area contributed by atoms with Gasteiger partial charge in [0.1, 0.15) is 0 Å². The highest BCUT2D eigenvalue weighted by atomic mass is 16.5. The molecular formula is C25H36O6. The van der Waals surface area contributed by atoms with Crippen LogP contribution in [0.25, 0.3) is 6.08 Å². The second kappa shape index (κ2) is 21.3. The van der Waals surface area contributed by atoms with Gasteiger partial charge < -0.3 is 14.6 Å². The maximum atomic E-state index is 10.3. The molecule has 1 N–H and O–H groups in total. The van der Waals surface area contributed by atoms with E-state index in [2.05, 4.69) is 54.8 Å². The number of hydrogen-bond donors (Lipinski definition) is 1. The Balaban J connectivity index is -0.000000342. The molecule has 0 aromatic heterocycles. The second-order valence-corrected chi connectivity index (χ2v) is 6.14. The maximum Gasteiger partial charge on any atom is 0.332 e. The second-order valence-electron chi connectivity index (χ2n) is 6.14. The summed E-state index contributed by atoms with van der Waals surface area (Å²) in [5.41, 5.74) is 3.11. The van der Waals surface area contributed by atoms with E-state index >= 15 is 0 Å². The minimum atomic E-state index is -0.935. The van der Waals surface area contributed by atoms with Gasteiger partial charge in [-0.3, -0.25) is 0 Å². The van der Waals surface area contributed by atoms with Gasteiger partial charge in [0.15, 0.2) is 0 Å². The molecule has 0 bridgehead atoms. The van der Waals surface area contributed by atoms with Gasteiger partial charge in [-0.05, 0) is 38.3 Å². The van der Waals surface area contributed by atoms with Crippen molar-refractivity contribution in [2.24, 2.45) is 0 Å². The molecule has 6 heteroatoms. The van der Waals surface area contributed by atoms with Crippen LogP contribution >= 0.6 is 0 Å². The summed E-state index contributed by atoms with van der Waals surface area (Å²) in [7, 11) is 1.33. The Morgan fingerprint density at radius 3 is 1.84 bits per heavy atom. The molecule has 0 aliphatic carbocycles. The molecule has 0 amide bonds. The van der Waals surface area contributed by atoms with Crippen molar-refractivity contribution in [2.75, 3.05) is 13.7 Å². The van der Waals surface area contributed by atoms with Crippen LogP contribution in [-0.2, 0) is 23.9 Å². The number of esters is 2. The highest BCUT2D eigenvalue weighted by molar-refractivity contribution is 5.86. The molecule has 31 heavy (non-hydrogen) atoms. The van der Waals surface area contributed by atoms with Crippen LogP contribution in [0.2, 0.25) is 0 Å². The van der Waals surface area contributed by atoms with Gasteiger partial charge in [-0.2, -0.15) is 0 Å². The van der Waals surface area contributed by atoms with Gasteiger partial charge in [0.05, 0.1) is 13.7 Å². The number of carboxylic acid groups (broad SMARTS) is 1. The van der Waals surface area contributed by atoms with Crippen molar-refractivity contribution in [3.8, 4) is 0 Å². The predicted octanol–water partition coefficient (Wildman–Crippen LogP) is 5.54. The fourth-order valence-electron chi connectivity index (χ4n) is 1.37. The summed E-state index contributed by atoms with van der Waals surface area (Å²) in [6, 6.07) is 8.19. The van der Waals surface area contributed by atoms with E-state index in [0.717, 1.165) is 12.8 Å². The van der Waals surface area contributed by atoms with Crippen molar-refractivity contribution in [3.63, 3.8) is 0 Å². The van der Waals surface area contributed by atoms with E-state index in [1.165, 1.54) is 31.2 Å². The van der Waals surface area contributed by atoms with Crippen molar-refractivity contribution >= 4 is 24.0 Å². The predicted molar refractivity (Wildman–Crippen MR) is 127 cm³/mol. The molecule has 1 aromatic rings. The Morgan fingerprint density at radius 1 is 1.06 bits per heavy atom. The van der Waals surface area contributed by atoms with E-state index in [4.69, 9.17) is 5.11 Å². The number of carbonyl (C=O) groups excluding carboxylic acids is 2. The van der Waals surface area contributed by atoms with E-state index < -0.39 is 5.97 Å². The highest BCUT2D eigenvalue weighted by Gasteiger charge is 1.95. The third-order valence-electron chi connectivity index (χ3n) is 3.22. The van der Waals surface area contributed by atoms with Crippen LogP contribution < -0.4 is 0 Å². The van der Waals surface area contributed by atoms with Crippen LogP contribution in [0, 0.1) is 6.92 Å². The van der Waals surface area contributed by atoms with Crippen LogP contribution in [0.4, 0.5) is 0 Å². The van der Waals surface area contributed by atoms with Crippen molar-refractivity contribution in [3.05, 3.63) is 78.9 Å². The van der Waals surface area contributed by atoms with Crippen molar-refractivity contribution in [2.45, 2.75) is 40.5 Å². The lowest BCUT2D eigenvalue weighted by molar-refractivity contribution is -0.138. The van der Waals surface area contributed by atoms with Gasteiger partial charge in [0.25, 0.3) is 0 Å². The minimum Gasteiger partial charge on any atom is -0.478 e. The first-order valence-electron chi connectivity index (χ1n) is 9.58. The molecule has 1 rings (SSSR count). The molecule has 0 heterocycles. The molecule has 0 atom stereocenters. The van der Waals surface area contributed by atoms with Crippen LogP contribution in [0.3, 0.4) is 0 Å². The molecular weight excluding hydrogens is 396 g/mol. The summed E-state index contributed by atoms with van der Waals surface area (Å²) >= 11 is 0. The minimum absolute atomic E-state index is 0.176. The standard InChI is InChI=1S/C9H10.C7H12O2.C5H8O2.C4H6O2/c1-3-9-7-5-4-6-8(9)2;1-3-5-6-9-7(8)4-2;1-4(2)5(6)7-3;1-3(2)4(5)6/h3-7H,1H2,2H3;4H,2-3,5-6H2,1H3;1H2,2-3H3;1H2,2H3,(H,5,6). The zero-order valence-corrected chi connectivity index (χ0v) is 19.4. The van der Waals surface area contributed by atoms with Gasteiger partial charge in [-0.15, -0.1) is 0 Å². The molecule has 1 aromatic carbocycles. The molecule has 0 spiro atoms. The Hall–Kier alpha value is -3.41. The Morgan fingerprint density at radius 2 is 1.58 bits per heavy atom. The Labute approximate surface area is 186 Å². The number of unbranched alkanes of at least 4 members (excludes halogenated alkanes) is 1. The number of ether oxygens (including phenoxy) is 2. The van der Waals surface area contributed by atoms with Crippen LogP contribution in [0.1, 0.15) is 44.7 Å². The summed E-state index contributed by atoms with van der Waals surface area (Å²) in [6.07, 6.45) is 5.02. The van der Waals surface area contributed by atoms with Gasteiger partial charge >= 0.3 is 17.9 Å². The van der Waals surface area contributed by atoms with E-state index in [0.29, 0.717) is 12.2 Å². The van der Waals surface area contributed by atoms with E-state index in [-0.39, 0.29) is 17.5 Å². The quantitative estimate of drug-likeness (QED) is 0.346. The molecule has 0 unspecified atom stereocenters. The number of carbonyl (C=O) groups is 3. The lowest BCUT2D eigenvalue weighted by atomic mass is 10.1. The molecule has 0 aliphatic rings. The summed E-state index contributed by atoms with van der Waals surface area (Å²) in [6.45, 7) is 21.2. The lowest BCUT2D eigenvalue weighted by Crippen LogP contribution is -2.00. The third kappa shape index (κ3) is 22.7. The van der Waals surface area contributed by atoms with E-state index in [1.54, 1.807) is 6.92 Å². The zero-order valence-electron chi connectivity index (χ0n) is 19.4. The molecule has 0 aliphatic heterocycles. The van der Waals surface area contributed by atoms with Crippen molar-refractivity contribution < 1.29 is 29.0 Å². The van der Waals surface area contributed by atoms with Gasteiger partial charge in [0, 0.05) is 17.2 Å². The normalized spacial score (nSPS) is 8.29. The van der Waals surface area contributed by atoms with Crippen LogP contribution in [-0.4, -0.2) is 36.7 Å². The van der Waals surface area contributed by atoms with E-state index in [9.17, 15) is 14.4 Å². The van der Waals surface area contributed by atoms with Gasteiger partial charge in [0.2, 0.25) is 0 Å². The first-order chi connectivity index (χ1) is 14.5. The summed E-state index contributed by atoms with van der Waals surface area (Å²) < 4.78 is 8.95. The molecule has 0 saturated carbocycles. The molecule has 6 nitrogen and oxygen atoms in total. The topological polar surface area (TPSA) is 89.9 Å². The Kier molecular flexibility index (Phi) is 22.2. The molecule has 0 saturated heterocycles. The van der Waals surface area contributed by atoms with Crippen LogP contribution in [0.15, 0.2) is 67.8 Å². The molecule has 0 fully saturated rings. The average Bonchev–Trinajstić information content (AvgIpc) is 2.74. The number of hydrogen-bond acceptors (Lipinski definition) is 5. The summed E-state index contributed by atoms with van der Waals surface area (Å²) in [5.74, 6) is -1.61. The monoisotopic (exact) mass is 432 g/mol. The number of carboxylic acids is 1. The Bertz CT molecular complexity index is 719. The van der Waals surface area contributed by atoms with Crippen molar-refractivity contribution in [1.82, 2.24) is 0 Å². The van der Waals surface area contributed by atoms with Crippen molar-refractivity contribution in [1.29, 1.82) is 0 Å². The summed E-state index contributed by atoms with van der Waals surface area (Å²) in [4.78, 5) is 30.1. The first kappa shape index (κ1) is 32.3. The fraction of sp³-hybridized carbons (Fsp3) is 0.320. The third-order valence-corrected chi connectivity index (χ3v) is 3.22. The highest BCUT2D eigenvalue weighted by Crippen LogP contribution is 2.06. The number of rotatable bonds is 7. The van der Waals surface area contributed by atoms with Gasteiger partial charge in [-0.1, -0.05) is 70.0 Å². The first-order valence-corrected chi connectivity index (χ1v) is 9.58. The van der Waals surface area contributed by atoms with Gasteiger partial charge in [-0.25, -0.2) is 14.4 Å². The molecule has 172 valence electrons. The summed E-state index contributed by atoms with van der Waals surface area (Å²) in [5, 5.41) is 7.89. The number of benzene rings is 1. The molecule has 0 radical (unpaired) electrons. The largest absolute Gasteiger partial charge is 0.478 e. The fourth-order valence-corrected chi connectivity index (χ4v) is 1.37. The van der Waals surface area contributed by atoms with Crippen LogP contribution in [0.5, 0.6) is 0 Å². The lowest BCUT2D eigenvalue weighted by Gasteiger charge is -1.97. The zero-order chi connectivity index (χ0) is 24.8. The average molecular weight is 433 g/mol. The smallest absolute Gasteiger partial charge is 0.332 e. The van der Waals surface area contributed by atoms with E-state index in [1.807, 2.05) is 25.1 Å². The number of aryl methyl sites for hydroxylation is 1.